The van der Waals surface area contributed by atoms with Gasteiger partial charge in [-0.1, -0.05) is 11.2 Å². The summed E-state index contributed by atoms with van der Waals surface area (Å²) in [6.07, 6.45) is 5.03. The largest absolute Gasteiger partial charge is 0.477 e. The number of amides is 2. The van der Waals surface area contributed by atoms with E-state index in [0.29, 0.717) is 11.3 Å². The fraction of sp³-hybridized carbons (Fsp3) is 0.188. The van der Waals surface area contributed by atoms with Crippen LogP contribution in [0.1, 0.15) is 10.7 Å². The summed E-state index contributed by atoms with van der Waals surface area (Å²) >= 11 is 3.52. The number of nitrogens with zero attached hydrogens (tertiary/aromatic N) is 5. The Hall–Kier alpha value is -3.30. The zero-order valence-electron chi connectivity index (χ0n) is 15.3. The molecule has 1 fully saturated rings. The highest BCUT2D eigenvalue weighted by Crippen LogP contribution is 2.40. The number of hydrogen-bond donors (Lipinski definition) is 4. The molecule has 2 amide bonds. The van der Waals surface area contributed by atoms with Gasteiger partial charge in [0.2, 0.25) is 11.5 Å². The number of nitrogens with one attached hydrogen (secondary N) is 1. The number of carbonyl (C=O) groups is 3. The third-order valence-electron chi connectivity index (χ3n) is 4.36. The van der Waals surface area contributed by atoms with Crippen molar-refractivity contribution < 1.29 is 24.7 Å². The Labute approximate surface area is 186 Å². The number of carboxylic acids is 1. The maximum atomic E-state index is 12.7. The monoisotopic (exact) mass is 479 g/mol. The Morgan fingerprint density at radius 3 is 2.81 bits per heavy atom. The number of thiazole rings is 1. The van der Waals surface area contributed by atoms with Crippen molar-refractivity contribution in [2.75, 3.05) is 11.5 Å². The van der Waals surface area contributed by atoms with E-state index < -0.39 is 34.9 Å². The number of hydrogen-bond acceptors (Lipinski definition) is 12. The summed E-state index contributed by atoms with van der Waals surface area (Å²) in [4.78, 5) is 46.8. The molecule has 2 aromatic heterocycles. The lowest BCUT2D eigenvalue weighted by Gasteiger charge is -2.49. The molecule has 160 valence electrons. The molecule has 4 rings (SSSR count). The fourth-order valence-corrected chi connectivity index (χ4v) is 5.26. The van der Waals surface area contributed by atoms with Crippen molar-refractivity contribution in [1.82, 2.24) is 24.6 Å². The second kappa shape index (κ2) is 8.44. The number of allylic oxidation sites excluding steroid dienone is 1. The molecule has 0 saturated carbocycles. The molecule has 1 unspecified atom stereocenters. The van der Waals surface area contributed by atoms with Crippen LogP contribution in [-0.2, 0) is 14.4 Å². The first kappa shape index (κ1) is 21.0. The van der Waals surface area contributed by atoms with Crippen molar-refractivity contribution in [3.05, 3.63) is 39.8 Å². The maximum absolute atomic E-state index is 12.7. The third-order valence-corrected chi connectivity index (χ3v) is 6.94. The lowest BCUT2D eigenvalue weighted by Crippen LogP contribution is -2.71. The van der Waals surface area contributed by atoms with Gasteiger partial charge >= 0.3 is 5.97 Å². The molecular formula is C16H13N7O5S3. The molecule has 2 aliphatic heterocycles. The second-order valence-electron chi connectivity index (χ2n) is 6.18. The number of nitrogen functional groups attached to an aromatic ring is 1. The first-order chi connectivity index (χ1) is 14.9. The topological polar surface area (TPSA) is 184 Å². The molecule has 31 heavy (non-hydrogen) atoms. The minimum absolute atomic E-state index is 0.0767. The maximum Gasteiger partial charge on any atom is 0.352 e. The van der Waals surface area contributed by atoms with Crippen LogP contribution in [-0.4, -0.2) is 70.2 Å². The quantitative estimate of drug-likeness (QED) is 0.193. The number of nitrogens with two attached hydrogens (primary N) is 1. The van der Waals surface area contributed by atoms with Crippen LogP contribution in [0, 0.1) is 0 Å². The van der Waals surface area contributed by atoms with Crippen molar-refractivity contribution in [2.24, 2.45) is 5.16 Å². The SMILES string of the molecule is Nc1nc(C(=NO)C(=O)NC2C(=O)N3C(C(=O)O)=C(C=Cc4cncs4)CS[C@H]23)ns1. The summed E-state index contributed by atoms with van der Waals surface area (Å²) in [5.74, 6) is -2.57. The van der Waals surface area contributed by atoms with Gasteiger partial charge in [0.1, 0.15) is 17.1 Å². The molecule has 2 aliphatic rings. The first-order valence-corrected chi connectivity index (χ1v) is 11.2. The molecular weight excluding hydrogens is 466 g/mol. The molecule has 2 aromatic rings. The Morgan fingerprint density at radius 2 is 2.19 bits per heavy atom. The van der Waals surface area contributed by atoms with Gasteiger partial charge in [0.25, 0.3) is 11.8 Å². The molecule has 2 atom stereocenters. The molecule has 15 heteroatoms. The van der Waals surface area contributed by atoms with E-state index in [1.54, 1.807) is 23.9 Å². The van der Waals surface area contributed by atoms with Gasteiger partial charge in [-0.3, -0.25) is 19.5 Å². The van der Waals surface area contributed by atoms with Gasteiger partial charge in [0.05, 0.1) is 5.51 Å². The van der Waals surface area contributed by atoms with Gasteiger partial charge < -0.3 is 21.4 Å². The minimum Gasteiger partial charge on any atom is -0.477 e. The number of rotatable bonds is 6. The van der Waals surface area contributed by atoms with Crippen molar-refractivity contribution >= 4 is 69.3 Å². The van der Waals surface area contributed by atoms with Gasteiger partial charge in [-0.25, -0.2) is 4.79 Å². The lowest BCUT2D eigenvalue weighted by molar-refractivity contribution is -0.150. The van der Waals surface area contributed by atoms with Crippen molar-refractivity contribution in [3.8, 4) is 0 Å². The highest BCUT2D eigenvalue weighted by Gasteiger charge is 2.54. The van der Waals surface area contributed by atoms with E-state index in [-0.39, 0.29) is 16.7 Å². The number of β-lactam (4-membered cyclic amide) rings is 1. The molecule has 0 bridgehead atoms. The zero-order chi connectivity index (χ0) is 22.1. The molecule has 0 spiro atoms. The number of thioether (sulfide) groups is 1. The van der Waals surface area contributed by atoms with Crippen LogP contribution < -0.4 is 11.1 Å². The summed E-state index contributed by atoms with van der Waals surface area (Å²) in [5, 5.41) is 23.7. The van der Waals surface area contributed by atoms with E-state index in [2.05, 4.69) is 24.8 Å². The standard InChI is InChI=1S/C16H13N7O5S3/c17-16-20-11(22-31-16)8(21-28)12(24)19-9-13(25)23-10(15(26)27)6(4-29-14(9)23)1-2-7-3-18-5-30-7/h1-3,5,9,14,28H,4H2,(H,19,24)(H,26,27)(H2,17,20,22)/t9?,14-/m1/s1. The Morgan fingerprint density at radius 1 is 1.39 bits per heavy atom. The lowest BCUT2D eigenvalue weighted by atomic mass is 10.0. The van der Waals surface area contributed by atoms with Crippen molar-refractivity contribution in [3.63, 3.8) is 0 Å². The van der Waals surface area contributed by atoms with Crippen LogP contribution in [0.3, 0.4) is 0 Å². The highest BCUT2D eigenvalue weighted by molar-refractivity contribution is 8.00. The van der Waals surface area contributed by atoms with Gasteiger partial charge in [-0.2, -0.15) is 9.36 Å². The average molecular weight is 480 g/mol. The summed E-state index contributed by atoms with van der Waals surface area (Å²) in [6, 6.07) is -0.994. The predicted octanol–water partition coefficient (Wildman–Crippen LogP) is 0.207. The average Bonchev–Trinajstić information content (AvgIpc) is 3.42. The number of oxime groups is 1. The number of aliphatic carboxylic acids is 1. The molecule has 12 nitrogen and oxygen atoms in total. The van der Waals surface area contributed by atoms with Gasteiger partial charge in [-0.05, 0) is 11.6 Å². The van der Waals surface area contributed by atoms with Crippen LogP contribution in [0.5, 0.6) is 0 Å². The Bertz CT molecular complexity index is 1140. The number of carbonyl (C=O) groups excluding carboxylic acids is 2. The Balaban J connectivity index is 1.52. The van der Waals surface area contributed by atoms with Gasteiger partial charge in [-0.15, -0.1) is 23.1 Å². The van der Waals surface area contributed by atoms with E-state index >= 15 is 0 Å². The van der Waals surface area contributed by atoms with E-state index in [0.717, 1.165) is 21.3 Å². The van der Waals surface area contributed by atoms with Gasteiger partial charge in [0, 0.05) is 28.4 Å². The number of aromatic nitrogens is 3. The van der Waals surface area contributed by atoms with E-state index in [1.807, 2.05) is 0 Å². The highest BCUT2D eigenvalue weighted by atomic mass is 32.2. The van der Waals surface area contributed by atoms with E-state index in [4.69, 9.17) is 10.9 Å². The second-order valence-corrected chi connectivity index (χ2v) is 8.99. The van der Waals surface area contributed by atoms with Crippen LogP contribution >= 0.6 is 34.6 Å². The molecule has 4 heterocycles. The van der Waals surface area contributed by atoms with Crippen molar-refractivity contribution in [1.29, 1.82) is 0 Å². The van der Waals surface area contributed by atoms with E-state index in [1.165, 1.54) is 23.1 Å². The third kappa shape index (κ3) is 3.89. The number of carboxylic acid groups (broad SMARTS) is 1. The molecule has 0 aromatic carbocycles. The number of anilines is 1. The number of fused-ring (bicyclic) bond motifs is 1. The predicted molar refractivity (Wildman–Crippen MR) is 113 cm³/mol. The fourth-order valence-electron chi connectivity index (χ4n) is 2.99. The summed E-state index contributed by atoms with van der Waals surface area (Å²) in [7, 11) is 0. The summed E-state index contributed by atoms with van der Waals surface area (Å²) < 4.78 is 3.80. The van der Waals surface area contributed by atoms with Crippen LogP contribution in [0.25, 0.3) is 6.08 Å². The molecule has 5 N–H and O–H groups in total. The van der Waals surface area contributed by atoms with Crippen LogP contribution in [0.15, 0.2) is 34.2 Å². The molecule has 0 aliphatic carbocycles. The first-order valence-electron chi connectivity index (χ1n) is 8.51. The van der Waals surface area contributed by atoms with Gasteiger partial charge in [0.15, 0.2) is 5.13 Å². The minimum atomic E-state index is -1.24. The van der Waals surface area contributed by atoms with Crippen LogP contribution in [0.4, 0.5) is 5.13 Å². The normalized spacial score (nSPS) is 21.2. The molecule has 1 saturated heterocycles. The summed E-state index contributed by atoms with van der Waals surface area (Å²) in [5.41, 5.74) is 6.97. The Kier molecular flexibility index (Phi) is 5.71. The van der Waals surface area contributed by atoms with Crippen LogP contribution in [0.2, 0.25) is 0 Å². The zero-order valence-corrected chi connectivity index (χ0v) is 17.8. The van der Waals surface area contributed by atoms with Crippen molar-refractivity contribution in [2.45, 2.75) is 11.4 Å². The molecule has 0 radical (unpaired) electrons. The summed E-state index contributed by atoms with van der Waals surface area (Å²) in [6.45, 7) is 0. The van der Waals surface area contributed by atoms with E-state index in [9.17, 15) is 19.5 Å². The smallest absolute Gasteiger partial charge is 0.352 e.